The first-order valence-corrected chi connectivity index (χ1v) is 8.73. The number of nitro benzene ring substituents is 1. The summed E-state index contributed by atoms with van der Waals surface area (Å²) in [7, 11) is -7.51. The van der Waals surface area contributed by atoms with Gasteiger partial charge in [0.05, 0.1) is 10.7 Å². The van der Waals surface area contributed by atoms with E-state index in [0.29, 0.717) is 0 Å². The Labute approximate surface area is 115 Å². The van der Waals surface area contributed by atoms with Gasteiger partial charge in [0.15, 0.2) is 9.84 Å². The summed E-state index contributed by atoms with van der Waals surface area (Å²) < 4.78 is 49.6. The second-order valence-electron chi connectivity index (χ2n) is 3.91. The number of sulfone groups is 1. The van der Waals surface area contributed by atoms with Gasteiger partial charge in [0, 0.05) is 18.4 Å². The molecule has 1 rings (SSSR count). The van der Waals surface area contributed by atoms with Crippen LogP contribution in [0.15, 0.2) is 23.1 Å². The van der Waals surface area contributed by atoms with Crippen LogP contribution in [-0.2, 0) is 19.9 Å². The van der Waals surface area contributed by atoms with Crippen LogP contribution in [0.4, 0.5) is 5.69 Å². The fourth-order valence-corrected chi connectivity index (χ4v) is 2.33. The third-order valence-electron chi connectivity index (χ3n) is 2.16. The molecule has 0 unspecified atom stereocenters. The van der Waals surface area contributed by atoms with E-state index in [9.17, 15) is 26.9 Å². The Bertz CT molecular complexity index is 725. The lowest BCUT2D eigenvalue weighted by atomic mass is 10.3. The van der Waals surface area contributed by atoms with Gasteiger partial charge >= 0.3 is 0 Å². The summed E-state index contributed by atoms with van der Waals surface area (Å²) in [5.41, 5.74) is -0.468. The van der Waals surface area contributed by atoms with Crippen molar-refractivity contribution in [2.24, 2.45) is 5.14 Å². The molecular weight excluding hydrogens is 312 g/mol. The summed E-state index contributed by atoms with van der Waals surface area (Å²) in [6.45, 7) is -0.292. The number of non-ortho nitro benzene ring substituents is 1. The summed E-state index contributed by atoms with van der Waals surface area (Å²) in [6, 6.07) is 2.84. The minimum Gasteiger partial charge on any atom is -0.491 e. The van der Waals surface area contributed by atoms with Gasteiger partial charge in [-0.15, -0.1) is 0 Å². The molecule has 0 radical (unpaired) electrons. The van der Waals surface area contributed by atoms with Gasteiger partial charge < -0.3 is 4.74 Å². The Hall–Kier alpha value is -1.72. The predicted molar refractivity (Wildman–Crippen MR) is 69.7 cm³/mol. The number of nitro groups is 1. The molecule has 0 aromatic heterocycles. The van der Waals surface area contributed by atoms with E-state index in [1.54, 1.807) is 0 Å². The fourth-order valence-electron chi connectivity index (χ4n) is 1.25. The Morgan fingerprint density at radius 2 is 1.90 bits per heavy atom. The molecule has 11 heteroatoms. The molecule has 0 atom stereocenters. The second kappa shape index (κ2) is 5.73. The van der Waals surface area contributed by atoms with Crippen LogP contribution in [0.1, 0.15) is 0 Å². The predicted octanol–water partition coefficient (Wildman–Crippen LogP) is -0.334. The molecule has 0 aliphatic heterocycles. The van der Waals surface area contributed by atoms with Crippen molar-refractivity contribution in [2.45, 2.75) is 4.90 Å². The third-order valence-corrected chi connectivity index (χ3v) is 4.00. The lowest BCUT2D eigenvalue weighted by Gasteiger charge is -2.09. The maximum atomic E-state index is 11.3. The number of ether oxygens (including phenoxy) is 1. The average Bonchev–Trinajstić information content (AvgIpc) is 2.25. The smallest absolute Gasteiger partial charge is 0.271 e. The van der Waals surface area contributed by atoms with Crippen LogP contribution in [0.2, 0.25) is 0 Å². The number of hydrogen-bond acceptors (Lipinski definition) is 7. The molecule has 0 heterocycles. The van der Waals surface area contributed by atoms with E-state index in [1.807, 2.05) is 0 Å². The molecule has 0 aliphatic rings. The average molecular weight is 324 g/mol. The summed E-state index contributed by atoms with van der Waals surface area (Å²) in [4.78, 5) is 9.23. The van der Waals surface area contributed by atoms with Crippen molar-refractivity contribution in [1.82, 2.24) is 0 Å². The number of nitrogens with zero attached hydrogens (tertiary/aromatic N) is 1. The molecule has 0 saturated carbocycles. The standard InChI is InChI=1S/C9H12N2O7S2/c1-19(14,15)5-4-18-8-3-2-7(11(12)13)6-9(8)20(10,16)17/h2-3,6H,4-5H2,1H3,(H2,10,16,17). The number of rotatable bonds is 6. The quantitative estimate of drug-likeness (QED) is 0.556. The van der Waals surface area contributed by atoms with Crippen molar-refractivity contribution in [3.8, 4) is 5.75 Å². The van der Waals surface area contributed by atoms with Gasteiger partial charge in [0.2, 0.25) is 10.0 Å². The normalized spacial score (nSPS) is 12.1. The van der Waals surface area contributed by atoms with E-state index in [-0.39, 0.29) is 18.1 Å². The van der Waals surface area contributed by atoms with Gasteiger partial charge in [0.1, 0.15) is 17.3 Å². The van der Waals surface area contributed by atoms with Gasteiger partial charge in [0.25, 0.3) is 5.69 Å². The largest absolute Gasteiger partial charge is 0.491 e. The monoisotopic (exact) mass is 324 g/mol. The fraction of sp³-hybridized carbons (Fsp3) is 0.333. The second-order valence-corrected chi connectivity index (χ2v) is 7.70. The molecule has 112 valence electrons. The van der Waals surface area contributed by atoms with Crippen LogP contribution >= 0.6 is 0 Å². The van der Waals surface area contributed by atoms with Gasteiger partial charge in [-0.25, -0.2) is 22.0 Å². The maximum absolute atomic E-state index is 11.3. The van der Waals surface area contributed by atoms with E-state index >= 15 is 0 Å². The molecule has 20 heavy (non-hydrogen) atoms. The van der Waals surface area contributed by atoms with Crippen LogP contribution in [0.3, 0.4) is 0 Å². The molecule has 0 aliphatic carbocycles. The van der Waals surface area contributed by atoms with Crippen LogP contribution in [-0.4, -0.2) is 40.4 Å². The molecule has 0 amide bonds. The molecule has 2 N–H and O–H groups in total. The Morgan fingerprint density at radius 1 is 1.30 bits per heavy atom. The molecule has 1 aromatic rings. The van der Waals surface area contributed by atoms with Crippen molar-refractivity contribution in [1.29, 1.82) is 0 Å². The van der Waals surface area contributed by atoms with E-state index in [0.717, 1.165) is 24.5 Å². The van der Waals surface area contributed by atoms with Crippen molar-refractivity contribution in [3.63, 3.8) is 0 Å². The molecule has 1 aromatic carbocycles. The summed E-state index contributed by atoms with van der Waals surface area (Å²) >= 11 is 0. The van der Waals surface area contributed by atoms with Crippen LogP contribution in [0, 0.1) is 10.1 Å². The first-order valence-electron chi connectivity index (χ1n) is 5.12. The zero-order valence-corrected chi connectivity index (χ0v) is 12.0. The van der Waals surface area contributed by atoms with Crippen molar-refractivity contribution in [3.05, 3.63) is 28.3 Å². The highest BCUT2D eigenvalue weighted by atomic mass is 32.2. The first kappa shape index (κ1) is 16.3. The van der Waals surface area contributed by atoms with Crippen molar-refractivity contribution < 1.29 is 26.5 Å². The number of sulfonamides is 1. The van der Waals surface area contributed by atoms with E-state index in [4.69, 9.17) is 9.88 Å². The SMILES string of the molecule is CS(=O)(=O)CCOc1ccc([N+](=O)[O-])cc1S(N)(=O)=O. The van der Waals surface area contributed by atoms with Crippen LogP contribution in [0.25, 0.3) is 0 Å². The Morgan fingerprint density at radius 3 is 2.35 bits per heavy atom. The third kappa shape index (κ3) is 4.75. The highest BCUT2D eigenvalue weighted by Crippen LogP contribution is 2.27. The Kier molecular flexibility index (Phi) is 4.68. The first-order chi connectivity index (χ1) is 9.00. The summed E-state index contributed by atoms with van der Waals surface area (Å²) in [5.74, 6) is -0.560. The molecular formula is C9H12N2O7S2. The maximum Gasteiger partial charge on any atom is 0.271 e. The van der Waals surface area contributed by atoms with Gasteiger partial charge in [-0.3, -0.25) is 10.1 Å². The Balaban J connectivity index is 3.10. The van der Waals surface area contributed by atoms with Crippen LogP contribution < -0.4 is 9.88 Å². The highest BCUT2D eigenvalue weighted by molar-refractivity contribution is 7.90. The molecule has 0 fully saturated rings. The van der Waals surface area contributed by atoms with E-state index in [1.165, 1.54) is 0 Å². The van der Waals surface area contributed by atoms with Gasteiger partial charge in [-0.2, -0.15) is 0 Å². The van der Waals surface area contributed by atoms with Gasteiger partial charge in [-0.05, 0) is 6.07 Å². The molecule has 0 bridgehead atoms. The number of hydrogen-bond donors (Lipinski definition) is 1. The molecule has 0 saturated heterocycles. The van der Waals surface area contributed by atoms with Gasteiger partial charge in [-0.1, -0.05) is 0 Å². The lowest BCUT2D eigenvalue weighted by molar-refractivity contribution is -0.385. The summed E-state index contributed by atoms with van der Waals surface area (Å²) in [6.07, 6.45) is 0.993. The number of nitrogens with two attached hydrogens (primary N) is 1. The molecule has 0 spiro atoms. The number of benzene rings is 1. The topological polar surface area (TPSA) is 147 Å². The lowest BCUT2D eigenvalue weighted by Crippen LogP contribution is -2.17. The zero-order valence-electron chi connectivity index (χ0n) is 10.3. The minimum atomic E-state index is -4.23. The highest BCUT2D eigenvalue weighted by Gasteiger charge is 2.20. The van der Waals surface area contributed by atoms with E-state index < -0.39 is 35.4 Å². The van der Waals surface area contributed by atoms with Crippen molar-refractivity contribution in [2.75, 3.05) is 18.6 Å². The minimum absolute atomic E-state index is 0.234. The summed E-state index contributed by atoms with van der Waals surface area (Å²) in [5, 5.41) is 15.5. The number of primary sulfonamides is 1. The van der Waals surface area contributed by atoms with E-state index in [2.05, 4.69) is 0 Å². The van der Waals surface area contributed by atoms with Crippen molar-refractivity contribution >= 4 is 25.5 Å². The molecule has 9 nitrogen and oxygen atoms in total. The zero-order chi connectivity index (χ0) is 15.6. The van der Waals surface area contributed by atoms with Crippen LogP contribution in [0.5, 0.6) is 5.75 Å².